The Morgan fingerprint density at radius 1 is 1.57 bits per heavy atom. The number of aliphatic hydroxyl groups is 1. The number of fused-ring (bicyclic) bond motifs is 2. The predicted octanol–water partition coefficient (Wildman–Crippen LogP) is -0.979. The molecule has 2 aromatic heterocycles. The smallest absolute Gasteiger partial charge is 0.438 e. The van der Waals surface area contributed by atoms with Crippen LogP contribution in [0.5, 0.6) is 0 Å². The molecule has 15 heteroatoms. The summed E-state index contributed by atoms with van der Waals surface area (Å²) in [5.41, 5.74) is 5.12. The average molecular weight is 417 g/mol. The van der Waals surface area contributed by atoms with E-state index >= 15 is 0 Å². The van der Waals surface area contributed by atoms with Crippen molar-refractivity contribution in [3.8, 4) is 0 Å². The number of hydrogen-bond donors (Lipinski definition) is 3. The highest BCUT2D eigenvalue weighted by atomic mass is 31.2. The van der Waals surface area contributed by atoms with Crippen LogP contribution in [0.4, 0.5) is 5.95 Å². The van der Waals surface area contributed by atoms with E-state index in [0.29, 0.717) is 0 Å². The van der Waals surface area contributed by atoms with Gasteiger partial charge >= 0.3 is 13.8 Å². The molecule has 4 N–H and O–H groups in total. The summed E-state index contributed by atoms with van der Waals surface area (Å²) in [6.07, 6.45) is -2.97. The van der Waals surface area contributed by atoms with Crippen molar-refractivity contribution < 1.29 is 37.5 Å². The maximum absolute atomic E-state index is 12.5. The van der Waals surface area contributed by atoms with E-state index in [2.05, 4.69) is 19.7 Å². The van der Waals surface area contributed by atoms with Crippen molar-refractivity contribution in [3.63, 3.8) is 0 Å². The summed E-state index contributed by atoms with van der Waals surface area (Å²) in [6.45, 7) is 0.305. The summed E-state index contributed by atoms with van der Waals surface area (Å²) in [6, 6.07) is 0. The van der Waals surface area contributed by atoms with Gasteiger partial charge in [-0.3, -0.25) is 28.2 Å². The molecule has 4 heterocycles. The molecule has 0 aromatic carbocycles. The first-order valence-corrected chi connectivity index (χ1v) is 9.50. The molecule has 0 radical (unpaired) electrons. The number of phosphoric acid groups is 1. The van der Waals surface area contributed by atoms with Crippen LogP contribution in [0.1, 0.15) is 13.2 Å². The number of carbonyl (C=O) groups is 1. The number of nitrogens with two attached hydrogens (primary N) is 1. The Bertz CT molecular complexity index is 1020. The average Bonchev–Trinajstić information content (AvgIpc) is 3.16. The summed E-state index contributed by atoms with van der Waals surface area (Å²) in [5.74, 6) is -0.772. The van der Waals surface area contributed by atoms with Crippen LogP contribution in [0.25, 0.3) is 11.2 Å². The standard InChI is InChI=1S/C13H16N5O9P/c1-5(19)23-4-25-28(22)24-2-6-9(27-28)8(20)12(26-6)18-3-15-7-10(18)16-13(14)17-11(7)21/h3,6,8-9,12,20H,2,4H2,1H3,(H3,14,16,17,21)/t6?,8-,9?,12-,28?/m1/s1. The second-order valence-corrected chi connectivity index (χ2v) is 7.65. The molecule has 0 saturated carbocycles. The maximum Gasteiger partial charge on any atom is 0.478 e. The largest absolute Gasteiger partial charge is 0.478 e. The molecule has 3 unspecified atom stereocenters. The number of H-pyrrole nitrogens is 1. The first-order valence-electron chi connectivity index (χ1n) is 8.04. The second kappa shape index (κ2) is 6.92. The SMILES string of the molecule is CC(=O)OCOP1(=O)OCC2O[C@@H](n3cnc4c(=O)[nH]c(N)nc43)[C@H](O)C2O1. The first kappa shape index (κ1) is 19.0. The summed E-state index contributed by atoms with van der Waals surface area (Å²) >= 11 is 0. The van der Waals surface area contributed by atoms with E-state index in [0.717, 1.165) is 6.92 Å². The normalized spacial score (nSPS) is 32.4. The van der Waals surface area contributed by atoms with Gasteiger partial charge in [0.2, 0.25) is 12.7 Å². The van der Waals surface area contributed by atoms with E-state index in [1.807, 2.05) is 0 Å². The third-order valence-electron chi connectivity index (χ3n) is 4.15. The van der Waals surface area contributed by atoms with E-state index in [9.17, 15) is 19.3 Å². The third kappa shape index (κ3) is 3.30. The van der Waals surface area contributed by atoms with Crippen LogP contribution in [-0.4, -0.2) is 62.3 Å². The Labute approximate surface area is 156 Å². The zero-order valence-electron chi connectivity index (χ0n) is 14.4. The molecule has 0 aliphatic carbocycles. The Morgan fingerprint density at radius 3 is 3.11 bits per heavy atom. The number of nitrogens with zero attached hydrogens (tertiary/aromatic N) is 3. The number of aromatic amines is 1. The number of imidazole rings is 1. The molecule has 2 aliphatic heterocycles. The van der Waals surface area contributed by atoms with Gasteiger partial charge in [0, 0.05) is 6.92 Å². The van der Waals surface area contributed by atoms with Crippen molar-refractivity contribution >= 4 is 30.9 Å². The number of nitrogen functional groups attached to an aromatic ring is 1. The highest BCUT2D eigenvalue weighted by molar-refractivity contribution is 7.48. The van der Waals surface area contributed by atoms with Crippen molar-refractivity contribution in [2.45, 2.75) is 31.5 Å². The van der Waals surface area contributed by atoms with E-state index in [-0.39, 0.29) is 23.7 Å². The number of nitrogens with one attached hydrogen (secondary N) is 1. The van der Waals surface area contributed by atoms with Crippen molar-refractivity contribution in [1.82, 2.24) is 19.5 Å². The van der Waals surface area contributed by atoms with Gasteiger partial charge in [-0.15, -0.1) is 0 Å². The number of ether oxygens (including phenoxy) is 2. The minimum Gasteiger partial charge on any atom is -0.438 e. The van der Waals surface area contributed by atoms with E-state index in [1.54, 1.807) is 0 Å². The highest BCUT2D eigenvalue weighted by Gasteiger charge is 2.53. The predicted molar refractivity (Wildman–Crippen MR) is 88.6 cm³/mol. The van der Waals surface area contributed by atoms with Crippen molar-refractivity contribution in [3.05, 3.63) is 16.7 Å². The van der Waals surface area contributed by atoms with Gasteiger partial charge in [0.1, 0.15) is 18.3 Å². The topological polar surface area (TPSA) is 190 Å². The number of carbonyl (C=O) groups excluding carboxylic acids is 1. The Morgan fingerprint density at radius 2 is 2.36 bits per heavy atom. The monoisotopic (exact) mass is 417 g/mol. The van der Waals surface area contributed by atoms with Crippen LogP contribution in [0.15, 0.2) is 11.1 Å². The lowest BCUT2D eigenvalue weighted by atomic mass is 10.1. The molecular formula is C13H16N5O9P. The Hall–Kier alpha value is -2.35. The van der Waals surface area contributed by atoms with E-state index in [4.69, 9.17) is 24.0 Å². The van der Waals surface area contributed by atoms with Gasteiger partial charge in [0.15, 0.2) is 17.4 Å². The molecule has 14 nitrogen and oxygen atoms in total. The fraction of sp³-hybridized carbons (Fsp3) is 0.538. The van der Waals surface area contributed by atoms with Gasteiger partial charge in [0.25, 0.3) is 5.56 Å². The summed E-state index contributed by atoms with van der Waals surface area (Å²) in [7, 11) is -4.08. The fourth-order valence-electron chi connectivity index (χ4n) is 2.93. The van der Waals surface area contributed by atoms with Gasteiger partial charge in [0.05, 0.1) is 12.9 Å². The zero-order chi connectivity index (χ0) is 20.1. The van der Waals surface area contributed by atoms with E-state index < -0.39 is 50.7 Å². The first-order chi connectivity index (χ1) is 13.3. The lowest BCUT2D eigenvalue weighted by Crippen LogP contribution is -2.39. The quantitative estimate of drug-likeness (QED) is 0.313. The highest BCUT2D eigenvalue weighted by Crippen LogP contribution is 2.56. The van der Waals surface area contributed by atoms with Crippen molar-refractivity contribution in [2.24, 2.45) is 0 Å². The third-order valence-corrected chi connectivity index (χ3v) is 5.54. The summed E-state index contributed by atoms with van der Waals surface area (Å²) in [4.78, 5) is 33.0. The molecule has 5 atom stereocenters. The molecule has 2 saturated heterocycles. The minimum absolute atomic E-state index is 0.00688. The van der Waals surface area contributed by atoms with Gasteiger partial charge in [-0.2, -0.15) is 4.98 Å². The van der Waals surface area contributed by atoms with Crippen LogP contribution in [0.2, 0.25) is 0 Å². The maximum atomic E-state index is 12.5. The molecule has 4 rings (SSSR count). The molecule has 2 aromatic rings. The molecule has 0 spiro atoms. The number of rotatable bonds is 4. The lowest BCUT2D eigenvalue weighted by molar-refractivity contribution is -0.150. The summed E-state index contributed by atoms with van der Waals surface area (Å²) in [5, 5.41) is 10.6. The van der Waals surface area contributed by atoms with Crippen molar-refractivity contribution in [1.29, 1.82) is 0 Å². The van der Waals surface area contributed by atoms with Crippen LogP contribution in [-0.2, 0) is 32.4 Å². The van der Waals surface area contributed by atoms with E-state index in [1.165, 1.54) is 10.9 Å². The van der Waals surface area contributed by atoms with Crippen LogP contribution in [0, 0.1) is 0 Å². The summed E-state index contributed by atoms with van der Waals surface area (Å²) < 4.78 is 39.3. The molecule has 28 heavy (non-hydrogen) atoms. The minimum atomic E-state index is -4.08. The van der Waals surface area contributed by atoms with Crippen molar-refractivity contribution in [2.75, 3.05) is 19.1 Å². The molecule has 0 amide bonds. The number of anilines is 1. The number of aliphatic hydroxyl groups excluding tert-OH is 1. The zero-order valence-corrected chi connectivity index (χ0v) is 15.3. The van der Waals surface area contributed by atoms with Crippen LogP contribution in [0.3, 0.4) is 0 Å². The van der Waals surface area contributed by atoms with Crippen LogP contribution < -0.4 is 11.3 Å². The molecular weight excluding hydrogens is 401 g/mol. The number of esters is 1. The number of phosphoric ester groups is 1. The molecule has 2 fully saturated rings. The number of aromatic nitrogens is 4. The Balaban J connectivity index is 1.56. The molecule has 152 valence electrons. The van der Waals surface area contributed by atoms with Gasteiger partial charge < -0.3 is 20.3 Å². The molecule has 0 bridgehead atoms. The second-order valence-electron chi connectivity index (χ2n) is 6.03. The van der Waals surface area contributed by atoms with Gasteiger partial charge in [-0.1, -0.05) is 0 Å². The lowest BCUT2D eigenvalue weighted by Gasteiger charge is -2.30. The fourth-order valence-corrected chi connectivity index (χ4v) is 4.19. The number of hydrogen-bond acceptors (Lipinski definition) is 12. The van der Waals surface area contributed by atoms with Gasteiger partial charge in [-0.05, 0) is 0 Å². The Kier molecular flexibility index (Phi) is 4.69. The molecule has 2 aliphatic rings. The van der Waals surface area contributed by atoms with Crippen LogP contribution >= 0.6 is 7.82 Å². The van der Waals surface area contributed by atoms with Gasteiger partial charge in [-0.25, -0.2) is 14.1 Å².